The van der Waals surface area contributed by atoms with E-state index in [1.807, 2.05) is 13.8 Å². The van der Waals surface area contributed by atoms with Gasteiger partial charge in [0.15, 0.2) is 12.4 Å². The molecule has 0 aliphatic rings. The van der Waals surface area contributed by atoms with Gasteiger partial charge in [-0.15, -0.1) is 0 Å². The molecule has 1 amide bonds. The SMILES string of the molecule is CCNC(=O)C[NH+](CC)Cc1nc2cc(Cl)ccc2c(=O)[nH]1. The molecular weight excluding hydrogens is 304 g/mol. The number of amides is 1. The van der Waals surface area contributed by atoms with Gasteiger partial charge in [0.25, 0.3) is 11.5 Å². The van der Waals surface area contributed by atoms with E-state index in [1.54, 1.807) is 18.2 Å². The van der Waals surface area contributed by atoms with Crippen LogP contribution in [0.4, 0.5) is 0 Å². The van der Waals surface area contributed by atoms with Crippen molar-refractivity contribution in [2.45, 2.75) is 20.4 Å². The summed E-state index contributed by atoms with van der Waals surface area (Å²) in [6.07, 6.45) is 0. The highest BCUT2D eigenvalue weighted by molar-refractivity contribution is 6.31. The van der Waals surface area contributed by atoms with Crippen LogP contribution in [0.25, 0.3) is 10.9 Å². The van der Waals surface area contributed by atoms with Crippen molar-refractivity contribution in [3.8, 4) is 0 Å². The zero-order chi connectivity index (χ0) is 16.1. The van der Waals surface area contributed by atoms with E-state index in [9.17, 15) is 9.59 Å². The van der Waals surface area contributed by atoms with E-state index in [0.717, 1.165) is 11.4 Å². The molecule has 118 valence electrons. The number of aromatic amines is 1. The first kappa shape index (κ1) is 16.5. The van der Waals surface area contributed by atoms with Crippen molar-refractivity contribution in [3.05, 3.63) is 39.4 Å². The molecule has 1 atom stereocenters. The van der Waals surface area contributed by atoms with Crippen molar-refractivity contribution in [3.63, 3.8) is 0 Å². The fourth-order valence-corrected chi connectivity index (χ4v) is 2.45. The van der Waals surface area contributed by atoms with Crippen molar-refractivity contribution in [1.29, 1.82) is 0 Å². The van der Waals surface area contributed by atoms with Gasteiger partial charge in [-0.2, -0.15) is 0 Å². The van der Waals surface area contributed by atoms with E-state index in [4.69, 9.17) is 11.6 Å². The third kappa shape index (κ3) is 4.05. The molecule has 0 fully saturated rings. The lowest BCUT2D eigenvalue weighted by molar-refractivity contribution is -0.904. The number of carbonyl (C=O) groups is 1. The molecule has 2 rings (SSSR count). The first-order chi connectivity index (χ1) is 10.5. The number of halogens is 1. The van der Waals surface area contributed by atoms with Gasteiger partial charge in [0.1, 0.15) is 6.54 Å². The van der Waals surface area contributed by atoms with Crippen LogP contribution in [0, 0.1) is 0 Å². The predicted molar refractivity (Wildman–Crippen MR) is 86.1 cm³/mol. The van der Waals surface area contributed by atoms with Gasteiger partial charge in [-0.3, -0.25) is 9.59 Å². The van der Waals surface area contributed by atoms with E-state index in [-0.39, 0.29) is 11.5 Å². The number of nitrogens with zero attached hydrogens (tertiary/aromatic N) is 1. The largest absolute Gasteiger partial charge is 0.351 e. The van der Waals surface area contributed by atoms with Crippen molar-refractivity contribution < 1.29 is 9.69 Å². The maximum atomic E-state index is 12.1. The van der Waals surface area contributed by atoms with Gasteiger partial charge in [-0.25, -0.2) is 4.98 Å². The Balaban J connectivity index is 2.22. The lowest BCUT2D eigenvalue weighted by Crippen LogP contribution is -3.11. The first-order valence-electron chi connectivity index (χ1n) is 7.32. The topological polar surface area (TPSA) is 79.3 Å². The number of aromatic nitrogens is 2. The number of quaternary nitrogens is 1. The molecule has 22 heavy (non-hydrogen) atoms. The monoisotopic (exact) mass is 323 g/mol. The number of fused-ring (bicyclic) bond motifs is 1. The summed E-state index contributed by atoms with van der Waals surface area (Å²) in [6.45, 7) is 6.07. The van der Waals surface area contributed by atoms with Gasteiger partial charge in [0.05, 0.1) is 17.4 Å². The Morgan fingerprint density at radius 1 is 1.41 bits per heavy atom. The summed E-state index contributed by atoms with van der Waals surface area (Å²) in [7, 11) is 0. The number of rotatable bonds is 6. The summed E-state index contributed by atoms with van der Waals surface area (Å²) in [5, 5.41) is 3.82. The maximum Gasteiger partial charge on any atom is 0.275 e. The summed E-state index contributed by atoms with van der Waals surface area (Å²) < 4.78 is 0. The molecule has 0 bridgehead atoms. The Hall–Kier alpha value is -1.92. The molecule has 7 heteroatoms. The third-order valence-electron chi connectivity index (χ3n) is 3.42. The van der Waals surface area contributed by atoms with Crippen LogP contribution < -0.4 is 15.8 Å². The highest BCUT2D eigenvalue weighted by Crippen LogP contribution is 2.14. The predicted octanol–water partition coefficient (Wildman–Crippen LogP) is 0.117. The quantitative estimate of drug-likeness (QED) is 0.706. The van der Waals surface area contributed by atoms with Gasteiger partial charge in [0.2, 0.25) is 0 Å². The van der Waals surface area contributed by atoms with Gasteiger partial charge in [-0.05, 0) is 32.0 Å². The molecular formula is C15H20ClN4O2+. The number of benzene rings is 1. The van der Waals surface area contributed by atoms with Crippen molar-refractivity contribution in [1.82, 2.24) is 15.3 Å². The second-order valence-corrected chi connectivity index (χ2v) is 5.52. The molecule has 0 spiro atoms. The van der Waals surface area contributed by atoms with Gasteiger partial charge in [0, 0.05) is 11.6 Å². The molecule has 2 aromatic rings. The highest BCUT2D eigenvalue weighted by Gasteiger charge is 2.14. The molecule has 0 aliphatic heterocycles. The Morgan fingerprint density at radius 3 is 2.86 bits per heavy atom. The van der Waals surface area contributed by atoms with Crippen LogP contribution in [0.2, 0.25) is 5.02 Å². The minimum atomic E-state index is -0.190. The molecule has 0 saturated carbocycles. The first-order valence-corrected chi connectivity index (χ1v) is 7.70. The van der Waals surface area contributed by atoms with Crippen LogP contribution in [0.5, 0.6) is 0 Å². The van der Waals surface area contributed by atoms with Crippen LogP contribution >= 0.6 is 11.6 Å². The smallest absolute Gasteiger partial charge is 0.275 e. The Kier molecular flexibility index (Phi) is 5.51. The summed E-state index contributed by atoms with van der Waals surface area (Å²) in [5.41, 5.74) is 0.379. The molecule has 1 heterocycles. The minimum Gasteiger partial charge on any atom is -0.351 e. The number of hydrogen-bond donors (Lipinski definition) is 3. The fraction of sp³-hybridized carbons (Fsp3) is 0.400. The molecule has 6 nitrogen and oxygen atoms in total. The van der Waals surface area contributed by atoms with Crippen molar-refractivity contribution in [2.24, 2.45) is 0 Å². The van der Waals surface area contributed by atoms with E-state index in [0.29, 0.717) is 41.4 Å². The van der Waals surface area contributed by atoms with Crippen LogP contribution in [0.1, 0.15) is 19.7 Å². The molecule has 0 aliphatic carbocycles. The zero-order valence-corrected chi connectivity index (χ0v) is 13.5. The molecule has 1 unspecified atom stereocenters. The second kappa shape index (κ2) is 7.38. The van der Waals surface area contributed by atoms with Crippen molar-refractivity contribution in [2.75, 3.05) is 19.6 Å². The maximum absolute atomic E-state index is 12.1. The van der Waals surface area contributed by atoms with Gasteiger partial charge >= 0.3 is 0 Å². The Labute approximate surface area is 133 Å². The third-order valence-corrected chi connectivity index (χ3v) is 3.65. The lowest BCUT2D eigenvalue weighted by Gasteiger charge is -2.16. The van der Waals surface area contributed by atoms with Crippen LogP contribution in [0.3, 0.4) is 0 Å². The average Bonchev–Trinajstić information content (AvgIpc) is 2.46. The second-order valence-electron chi connectivity index (χ2n) is 5.08. The fourth-order valence-electron chi connectivity index (χ4n) is 2.28. The molecule has 0 saturated heterocycles. The van der Waals surface area contributed by atoms with Gasteiger partial charge < -0.3 is 15.2 Å². The van der Waals surface area contributed by atoms with Crippen LogP contribution in [0.15, 0.2) is 23.0 Å². The number of hydrogen-bond acceptors (Lipinski definition) is 3. The minimum absolute atomic E-state index is 0.00877. The lowest BCUT2D eigenvalue weighted by atomic mass is 10.2. The van der Waals surface area contributed by atoms with Gasteiger partial charge in [-0.1, -0.05) is 11.6 Å². The van der Waals surface area contributed by atoms with E-state index >= 15 is 0 Å². The van der Waals surface area contributed by atoms with Crippen LogP contribution in [-0.4, -0.2) is 35.5 Å². The van der Waals surface area contributed by atoms with Crippen molar-refractivity contribution >= 4 is 28.4 Å². The van der Waals surface area contributed by atoms with E-state index in [1.165, 1.54) is 0 Å². The Morgan fingerprint density at radius 2 is 2.18 bits per heavy atom. The van der Waals surface area contributed by atoms with E-state index in [2.05, 4.69) is 15.3 Å². The standard InChI is InChI=1S/C15H19ClN4O2/c1-3-17-14(21)9-20(4-2)8-13-18-12-7-10(16)5-6-11(12)15(22)19-13/h5-7H,3-4,8-9H2,1-2H3,(H,17,21)(H,18,19,22)/p+1. The average molecular weight is 324 g/mol. The number of H-pyrrole nitrogens is 1. The van der Waals surface area contributed by atoms with Crippen LogP contribution in [-0.2, 0) is 11.3 Å². The summed E-state index contributed by atoms with van der Waals surface area (Å²) in [4.78, 5) is 32.0. The molecule has 1 aromatic carbocycles. The number of likely N-dealkylation sites (N-methyl/N-ethyl adjacent to an activating group) is 2. The molecule has 0 radical (unpaired) electrons. The summed E-state index contributed by atoms with van der Waals surface area (Å²) >= 11 is 5.95. The Bertz CT molecular complexity index is 729. The highest BCUT2D eigenvalue weighted by atomic mass is 35.5. The zero-order valence-electron chi connectivity index (χ0n) is 12.7. The number of nitrogens with one attached hydrogen (secondary N) is 3. The van der Waals surface area contributed by atoms with E-state index < -0.39 is 0 Å². The normalized spacial score (nSPS) is 12.3. The summed E-state index contributed by atoms with van der Waals surface area (Å²) in [6, 6.07) is 5.00. The molecule has 3 N–H and O–H groups in total. The number of carbonyl (C=O) groups excluding carboxylic acids is 1. The molecule has 1 aromatic heterocycles. The summed E-state index contributed by atoms with van der Waals surface area (Å²) in [5.74, 6) is 0.548.